The fraction of sp³-hybridized carbons (Fsp3) is 0.429. The zero-order valence-corrected chi connectivity index (χ0v) is 11.7. The van der Waals surface area contributed by atoms with E-state index in [0.29, 0.717) is 24.6 Å². The molecule has 1 aromatic rings. The maximum Gasteiger partial charge on any atom is 0.328 e. The second-order valence-corrected chi connectivity index (χ2v) is 5.08. The van der Waals surface area contributed by atoms with Crippen molar-refractivity contribution in [3.63, 3.8) is 0 Å². The maximum atomic E-state index is 12.1. The molecule has 5 nitrogen and oxygen atoms in total. The van der Waals surface area contributed by atoms with Crippen LogP contribution in [0.1, 0.15) is 12.0 Å². The van der Waals surface area contributed by atoms with Gasteiger partial charge in [0, 0.05) is 18.0 Å². The molecule has 0 aliphatic carbocycles. The molecule has 1 N–H and O–H groups in total. The summed E-state index contributed by atoms with van der Waals surface area (Å²) in [7, 11) is 0. The van der Waals surface area contributed by atoms with E-state index in [0.717, 1.165) is 5.56 Å². The minimum atomic E-state index is -1.02. The number of ether oxygens (including phenoxy) is 1. The fourth-order valence-electron chi connectivity index (χ4n) is 2.15. The number of rotatable bonds is 4. The normalized spacial score (nSPS) is 18.9. The molecule has 1 aromatic carbocycles. The first-order valence-electron chi connectivity index (χ1n) is 6.42. The average Bonchev–Trinajstić information content (AvgIpc) is 2.46. The molecule has 1 atom stereocenters. The zero-order chi connectivity index (χ0) is 14.5. The molecule has 1 amide bonds. The van der Waals surface area contributed by atoms with Crippen LogP contribution in [0.3, 0.4) is 0 Å². The summed E-state index contributed by atoms with van der Waals surface area (Å²) in [6, 6.07) is 6.40. The number of halogens is 1. The predicted octanol–water partition coefficient (Wildman–Crippen LogP) is 1.58. The van der Waals surface area contributed by atoms with Gasteiger partial charge in [-0.05, 0) is 24.1 Å². The number of amides is 1. The summed E-state index contributed by atoms with van der Waals surface area (Å²) in [5, 5.41) is 9.74. The monoisotopic (exact) mass is 297 g/mol. The van der Waals surface area contributed by atoms with Crippen LogP contribution >= 0.6 is 11.6 Å². The largest absolute Gasteiger partial charge is 0.480 e. The quantitative estimate of drug-likeness (QED) is 0.916. The van der Waals surface area contributed by atoms with E-state index in [1.165, 1.54) is 4.90 Å². The summed E-state index contributed by atoms with van der Waals surface area (Å²) in [6.45, 7) is 0.773. The highest BCUT2D eigenvalue weighted by molar-refractivity contribution is 6.30. The minimum Gasteiger partial charge on any atom is -0.480 e. The van der Waals surface area contributed by atoms with Crippen molar-refractivity contribution >= 4 is 23.5 Å². The van der Waals surface area contributed by atoms with E-state index in [9.17, 15) is 9.59 Å². The molecule has 20 heavy (non-hydrogen) atoms. The molecule has 0 aromatic heterocycles. The molecule has 1 heterocycles. The van der Waals surface area contributed by atoms with Gasteiger partial charge in [0.1, 0.15) is 0 Å². The van der Waals surface area contributed by atoms with Gasteiger partial charge in [0.2, 0.25) is 5.91 Å². The molecule has 0 bridgehead atoms. The molecule has 0 spiro atoms. The number of benzene rings is 1. The number of carboxylic acids is 1. The number of hydrogen-bond acceptors (Lipinski definition) is 3. The molecule has 0 radical (unpaired) electrons. The standard InChI is InChI=1S/C14H16ClNO4/c15-11-4-1-10(2-5-11)3-6-13(17)16-7-8-20-9-12(16)14(18)19/h1-2,4-5,12H,3,6-9H2,(H,18,19). The Morgan fingerprint density at radius 3 is 2.70 bits per heavy atom. The first kappa shape index (κ1) is 14.8. The average molecular weight is 298 g/mol. The summed E-state index contributed by atoms with van der Waals surface area (Å²) >= 11 is 5.80. The highest BCUT2D eigenvalue weighted by atomic mass is 35.5. The Kier molecular flexibility index (Phi) is 4.98. The Morgan fingerprint density at radius 1 is 1.35 bits per heavy atom. The van der Waals surface area contributed by atoms with E-state index in [1.807, 2.05) is 12.1 Å². The lowest BCUT2D eigenvalue weighted by Gasteiger charge is -2.32. The van der Waals surface area contributed by atoms with Crippen molar-refractivity contribution in [1.82, 2.24) is 4.90 Å². The van der Waals surface area contributed by atoms with Crippen molar-refractivity contribution in [3.05, 3.63) is 34.9 Å². The maximum absolute atomic E-state index is 12.1. The van der Waals surface area contributed by atoms with Gasteiger partial charge in [-0.2, -0.15) is 0 Å². The van der Waals surface area contributed by atoms with E-state index in [4.69, 9.17) is 21.4 Å². The predicted molar refractivity (Wildman–Crippen MR) is 73.7 cm³/mol. The Morgan fingerprint density at radius 2 is 2.05 bits per heavy atom. The van der Waals surface area contributed by atoms with Crippen LogP contribution in [0.2, 0.25) is 5.02 Å². The molecular weight excluding hydrogens is 282 g/mol. The van der Waals surface area contributed by atoms with Crippen molar-refractivity contribution in [3.8, 4) is 0 Å². The van der Waals surface area contributed by atoms with Crippen molar-refractivity contribution in [2.75, 3.05) is 19.8 Å². The second kappa shape index (κ2) is 6.72. The molecular formula is C14H16ClNO4. The summed E-state index contributed by atoms with van der Waals surface area (Å²) in [4.78, 5) is 24.6. The first-order chi connectivity index (χ1) is 9.58. The number of carbonyl (C=O) groups excluding carboxylic acids is 1. The highest BCUT2D eigenvalue weighted by Gasteiger charge is 2.32. The SMILES string of the molecule is O=C(O)C1COCCN1C(=O)CCc1ccc(Cl)cc1. The van der Waals surface area contributed by atoms with Gasteiger partial charge >= 0.3 is 5.97 Å². The summed E-state index contributed by atoms with van der Waals surface area (Å²) in [5.74, 6) is -1.18. The molecule has 6 heteroatoms. The highest BCUT2D eigenvalue weighted by Crippen LogP contribution is 2.14. The van der Waals surface area contributed by atoms with Crippen LogP contribution in [0.4, 0.5) is 0 Å². The number of aryl methyl sites for hydroxylation is 1. The Hall–Kier alpha value is -1.59. The number of carboxylic acid groups (broad SMARTS) is 1. The topological polar surface area (TPSA) is 66.8 Å². The van der Waals surface area contributed by atoms with Gasteiger partial charge in [-0.3, -0.25) is 4.79 Å². The van der Waals surface area contributed by atoms with E-state index in [-0.39, 0.29) is 18.9 Å². The Bertz CT molecular complexity index is 488. The lowest BCUT2D eigenvalue weighted by molar-refractivity contribution is -0.158. The fourth-order valence-corrected chi connectivity index (χ4v) is 2.28. The van der Waals surface area contributed by atoms with E-state index < -0.39 is 12.0 Å². The summed E-state index contributed by atoms with van der Waals surface area (Å²) in [5.41, 5.74) is 1.00. The lowest BCUT2D eigenvalue weighted by Crippen LogP contribution is -2.52. The van der Waals surface area contributed by atoms with E-state index in [1.54, 1.807) is 12.1 Å². The van der Waals surface area contributed by atoms with Gasteiger partial charge < -0.3 is 14.7 Å². The van der Waals surface area contributed by atoms with Gasteiger partial charge in [-0.15, -0.1) is 0 Å². The molecule has 108 valence electrons. The molecule has 1 unspecified atom stereocenters. The number of carbonyl (C=O) groups is 2. The third kappa shape index (κ3) is 3.71. The summed E-state index contributed by atoms with van der Waals surface area (Å²) < 4.78 is 5.11. The smallest absolute Gasteiger partial charge is 0.328 e. The van der Waals surface area contributed by atoms with Crippen LogP contribution < -0.4 is 0 Å². The van der Waals surface area contributed by atoms with Crippen LogP contribution in [0, 0.1) is 0 Å². The van der Waals surface area contributed by atoms with Crippen LogP contribution in [-0.2, 0) is 20.7 Å². The van der Waals surface area contributed by atoms with Gasteiger partial charge in [0.05, 0.1) is 13.2 Å². The van der Waals surface area contributed by atoms with Gasteiger partial charge in [-0.1, -0.05) is 23.7 Å². The zero-order valence-electron chi connectivity index (χ0n) is 10.9. The van der Waals surface area contributed by atoms with E-state index in [2.05, 4.69) is 0 Å². The van der Waals surface area contributed by atoms with Crippen LogP contribution in [0.15, 0.2) is 24.3 Å². The lowest BCUT2D eigenvalue weighted by atomic mass is 10.1. The number of nitrogens with zero attached hydrogens (tertiary/aromatic N) is 1. The number of hydrogen-bond donors (Lipinski definition) is 1. The molecule has 2 rings (SSSR count). The third-order valence-electron chi connectivity index (χ3n) is 3.27. The van der Waals surface area contributed by atoms with Crippen molar-refractivity contribution in [2.45, 2.75) is 18.9 Å². The van der Waals surface area contributed by atoms with Gasteiger partial charge in [0.25, 0.3) is 0 Å². The minimum absolute atomic E-state index is 0.0576. The second-order valence-electron chi connectivity index (χ2n) is 4.64. The number of aliphatic carboxylic acids is 1. The van der Waals surface area contributed by atoms with Crippen molar-refractivity contribution in [1.29, 1.82) is 0 Å². The Balaban J connectivity index is 1.93. The number of morpholine rings is 1. The van der Waals surface area contributed by atoms with Crippen molar-refractivity contribution < 1.29 is 19.4 Å². The Labute approximate surface area is 122 Å². The van der Waals surface area contributed by atoms with Gasteiger partial charge in [-0.25, -0.2) is 4.79 Å². The molecule has 1 aliphatic rings. The third-order valence-corrected chi connectivity index (χ3v) is 3.53. The van der Waals surface area contributed by atoms with Crippen molar-refractivity contribution in [2.24, 2.45) is 0 Å². The molecule has 0 saturated carbocycles. The van der Waals surface area contributed by atoms with E-state index >= 15 is 0 Å². The van der Waals surface area contributed by atoms with Gasteiger partial charge in [0.15, 0.2) is 6.04 Å². The molecule has 1 aliphatic heterocycles. The first-order valence-corrected chi connectivity index (χ1v) is 6.80. The molecule has 1 saturated heterocycles. The summed E-state index contributed by atoms with van der Waals surface area (Å²) in [6.07, 6.45) is 0.852. The molecule has 1 fully saturated rings. The van der Waals surface area contributed by atoms with Crippen LogP contribution in [0.5, 0.6) is 0 Å². The van der Waals surface area contributed by atoms with Crippen LogP contribution in [-0.4, -0.2) is 47.7 Å². The van der Waals surface area contributed by atoms with Crippen LogP contribution in [0.25, 0.3) is 0 Å².